The van der Waals surface area contributed by atoms with Crippen molar-refractivity contribution in [3.63, 3.8) is 0 Å². The first-order valence-corrected chi connectivity index (χ1v) is 5.39. The Hall–Kier alpha value is -0.820. The summed E-state index contributed by atoms with van der Waals surface area (Å²) in [7, 11) is 2.04. The summed E-state index contributed by atoms with van der Waals surface area (Å²) in [5.74, 6) is 0.827. The molecular formula is C13H19N. The molecule has 1 saturated carbocycles. The summed E-state index contributed by atoms with van der Waals surface area (Å²) in [4.78, 5) is 0. The first-order chi connectivity index (χ1) is 6.68. The van der Waals surface area contributed by atoms with Gasteiger partial charge in [-0.3, -0.25) is 0 Å². The summed E-state index contributed by atoms with van der Waals surface area (Å²) in [6, 6.07) is 8.78. The zero-order chi connectivity index (χ0) is 10.2. The smallest absolute Gasteiger partial charge is 0.00148 e. The average Bonchev–Trinajstić information content (AvgIpc) is 2.79. The van der Waals surface area contributed by atoms with Crippen molar-refractivity contribution < 1.29 is 0 Å². The molecule has 1 nitrogen and oxygen atoms in total. The van der Waals surface area contributed by atoms with Gasteiger partial charge in [-0.2, -0.15) is 0 Å². The summed E-state index contributed by atoms with van der Waals surface area (Å²) in [6.45, 7) is 5.75. The van der Waals surface area contributed by atoms with Crippen LogP contribution in [0, 0.1) is 12.8 Å². The summed E-state index contributed by atoms with van der Waals surface area (Å²) >= 11 is 0. The molecule has 2 atom stereocenters. The molecule has 0 bridgehead atoms. The first kappa shape index (κ1) is 9.72. The normalized spacial score (nSPS) is 30.4. The third kappa shape index (κ3) is 1.46. The molecule has 2 rings (SSSR count). The van der Waals surface area contributed by atoms with E-state index in [1.807, 2.05) is 7.05 Å². The maximum Gasteiger partial charge on any atom is -0.00148 e. The van der Waals surface area contributed by atoms with Crippen molar-refractivity contribution in [3.8, 4) is 0 Å². The number of nitrogens with one attached hydrogen (secondary N) is 1. The second-order valence-electron chi connectivity index (χ2n) is 4.69. The second-order valence-corrected chi connectivity index (χ2v) is 4.69. The summed E-state index contributed by atoms with van der Waals surface area (Å²) in [6.07, 6.45) is 1.33. The van der Waals surface area contributed by atoms with Gasteiger partial charge in [0, 0.05) is 0 Å². The molecule has 1 N–H and O–H groups in total. The molecule has 1 aromatic rings. The molecule has 76 valence electrons. The molecule has 1 aliphatic rings. The zero-order valence-electron chi connectivity index (χ0n) is 9.30. The van der Waals surface area contributed by atoms with Crippen molar-refractivity contribution in [1.82, 2.24) is 5.32 Å². The highest BCUT2D eigenvalue weighted by Gasteiger charge is 2.50. The van der Waals surface area contributed by atoms with Crippen molar-refractivity contribution in [2.45, 2.75) is 25.7 Å². The molecule has 1 heteroatoms. The van der Waals surface area contributed by atoms with E-state index < -0.39 is 0 Å². The van der Waals surface area contributed by atoms with Gasteiger partial charge < -0.3 is 5.32 Å². The maximum atomic E-state index is 3.27. The number of hydrogen-bond acceptors (Lipinski definition) is 1. The van der Waals surface area contributed by atoms with E-state index in [9.17, 15) is 0 Å². The van der Waals surface area contributed by atoms with Gasteiger partial charge in [0.15, 0.2) is 0 Å². The Balaban J connectivity index is 2.21. The van der Waals surface area contributed by atoms with Crippen LogP contribution in [0.2, 0.25) is 0 Å². The van der Waals surface area contributed by atoms with E-state index in [0.29, 0.717) is 5.41 Å². The third-order valence-corrected chi connectivity index (χ3v) is 3.62. The van der Waals surface area contributed by atoms with Crippen LogP contribution in [0.4, 0.5) is 0 Å². The minimum Gasteiger partial charge on any atom is -0.319 e. The van der Waals surface area contributed by atoms with Crippen molar-refractivity contribution in [3.05, 3.63) is 35.4 Å². The van der Waals surface area contributed by atoms with Crippen LogP contribution >= 0.6 is 0 Å². The Labute approximate surface area is 86.5 Å². The zero-order valence-corrected chi connectivity index (χ0v) is 9.30. The number of benzene rings is 1. The molecular weight excluding hydrogens is 170 g/mol. The quantitative estimate of drug-likeness (QED) is 0.770. The third-order valence-electron chi connectivity index (χ3n) is 3.62. The highest BCUT2D eigenvalue weighted by molar-refractivity contribution is 5.38. The van der Waals surface area contributed by atoms with Gasteiger partial charge in [0.05, 0.1) is 0 Å². The van der Waals surface area contributed by atoms with Gasteiger partial charge in [-0.05, 0) is 49.4 Å². The van der Waals surface area contributed by atoms with Crippen LogP contribution in [-0.4, -0.2) is 13.6 Å². The minimum absolute atomic E-state index is 0.439. The monoisotopic (exact) mass is 189 g/mol. The lowest BCUT2D eigenvalue weighted by Crippen LogP contribution is -2.16. The minimum atomic E-state index is 0.439. The maximum absolute atomic E-state index is 3.27. The lowest BCUT2D eigenvalue weighted by Gasteiger charge is -2.14. The van der Waals surface area contributed by atoms with E-state index in [1.54, 1.807) is 5.56 Å². The van der Waals surface area contributed by atoms with E-state index in [0.717, 1.165) is 12.5 Å². The van der Waals surface area contributed by atoms with Gasteiger partial charge >= 0.3 is 0 Å². The van der Waals surface area contributed by atoms with Gasteiger partial charge in [-0.15, -0.1) is 0 Å². The van der Waals surface area contributed by atoms with E-state index in [1.165, 1.54) is 12.0 Å². The van der Waals surface area contributed by atoms with E-state index >= 15 is 0 Å². The Morgan fingerprint density at radius 1 is 1.43 bits per heavy atom. The van der Waals surface area contributed by atoms with Crippen LogP contribution in [0.1, 0.15) is 24.5 Å². The molecule has 0 saturated heterocycles. The van der Waals surface area contributed by atoms with E-state index in [-0.39, 0.29) is 0 Å². The standard InChI is InChI=1S/C13H19N/c1-10-6-4-5-7-12(10)13(2)8-11(13)9-14-3/h4-7,11,14H,8-9H2,1-3H3/t11-,13+/m1/s1. The number of hydrogen-bond donors (Lipinski definition) is 1. The van der Waals surface area contributed by atoms with Gasteiger partial charge in [0.2, 0.25) is 0 Å². The SMILES string of the molecule is CNC[C@H]1C[C@]1(C)c1ccccc1C. The molecule has 0 amide bonds. The van der Waals surface area contributed by atoms with Gasteiger partial charge in [-0.1, -0.05) is 31.2 Å². The lowest BCUT2D eigenvalue weighted by atomic mass is 9.91. The molecule has 0 radical (unpaired) electrons. The number of aryl methyl sites for hydroxylation is 1. The summed E-state index contributed by atoms with van der Waals surface area (Å²) in [5.41, 5.74) is 3.42. The van der Waals surface area contributed by atoms with Crippen molar-refractivity contribution in [2.75, 3.05) is 13.6 Å². The molecule has 14 heavy (non-hydrogen) atoms. The van der Waals surface area contributed by atoms with E-state index in [4.69, 9.17) is 0 Å². The Kier molecular flexibility index (Phi) is 2.36. The predicted octanol–water partition coefficient (Wildman–Crippen LogP) is 2.49. The first-order valence-electron chi connectivity index (χ1n) is 5.39. The van der Waals surface area contributed by atoms with Gasteiger partial charge in [0.1, 0.15) is 0 Å². The predicted molar refractivity (Wildman–Crippen MR) is 60.6 cm³/mol. The highest BCUT2D eigenvalue weighted by atomic mass is 14.8. The lowest BCUT2D eigenvalue weighted by molar-refractivity contribution is 0.615. The van der Waals surface area contributed by atoms with Gasteiger partial charge in [0.25, 0.3) is 0 Å². The fourth-order valence-electron chi connectivity index (χ4n) is 2.54. The largest absolute Gasteiger partial charge is 0.319 e. The number of rotatable bonds is 3. The second kappa shape index (κ2) is 3.39. The summed E-state index contributed by atoms with van der Waals surface area (Å²) in [5, 5.41) is 3.27. The molecule has 1 fully saturated rings. The molecule has 0 aromatic heterocycles. The highest BCUT2D eigenvalue weighted by Crippen LogP contribution is 2.54. The summed E-state index contributed by atoms with van der Waals surface area (Å²) < 4.78 is 0. The van der Waals surface area contributed by atoms with Crippen molar-refractivity contribution in [1.29, 1.82) is 0 Å². The van der Waals surface area contributed by atoms with Crippen LogP contribution in [0.15, 0.2) is 24.3 Å². The van der Waals surface area contributed by atoms with Crippen LogP contribution < -0.4 is 5.32 Å². The van der Waals surface area contributed by atoms with E-state index in [2.05, 4.69) is 43.4 Å². The molecule has 0 unspecified atom stereocenters. The molecule has 0 aliphatic heterocycles. The van der Waals surface area contributed by atoms with Crippen LogP contribution in [-0.2, 0) is 5.41 Å². The fraction of sp³-hybridized carbons (Fsp3) is 0.538. The van der Waals surface area contributed by atoms with Gasteiger partial charge in [-0.25, -0.2) is 0 Å². The Bertz CT molecular complexity index is 332. The topological polar surface area (TPSA) is 12.0 Å². The van der Waals surface area contributed by atoms with Crippen LogP contribution in [0.25, 0.3) is 0 Å². The Morgan fingerprint density at radius 2 is 2.14 bits per heavy atom. The Morgan fingerprint density at radius 3 is 2.79 bits per heavy atom. The average molecular weight is 189 g/mol. The van der Waals surface area contributed by atoms with Crippen molar-refractivity contribution in [2.24, 2.45) is 5.92 Å². The van der Waals surface area contributed by atoms with Crippen molar-refractivity contribution >= 4 is 0 Å². The van der Waals surface area contributed by atoms with Crippen LogP contribution in [0.5, 0.6) is 0 Å². The molecule has 0 heterocycles. The van der Waals surface area contributed by atoms with Crippen LogP contribution in [0.3, 0.4) is 0 Å². The molecule has 1 aliphatic carbocycles. The fourth-order valence-corrected chi connectivity index (χ4v) is 2.54. The molecule has 0 spiro atoms. The molecule has 1 aromatic carbocycles.